The van der Waals surface area contributed by atoms with E-state index in [4.69, 9.17) is 18.6 Å². The Morgan fingerprint density at radius 2 is 2.11 bits per heavy atom. The number of hydrogen-bond acceptors (Lipinski definition) is 5. The summed E-state index contributed by atoms with van der Waals surface area (Å²) in [4.78, 5) is 12.7. The van der Waals surface area contributed by atoms with Gasteiger partial charge in [0.05, 0.1) is 31.5 Å². The van der Waals surface area contributed by atoms with E-state index in [0.29, 0.717) is 0 Å². The molecule has 0 N–H and O–H groups in total. The highest BCUT2D eigenvalue weighted by molar-refractivity contribution is 5.90. The topological polar surface area (TPSA) is 57.9 Å². The minimum atomic E-state index is -0.399. The van der Waals surface area contributed by atoms with E-state index >= 15 is 0 Å². The number of furan rings is 1. The van der Waals surface area contributed by atoms with Gasteiger partial charge in [-0.1, -0.05) is 26.5 Å². The predicted octanol–water partition coefficient (Wildman–Crippen LogP) is 4.81. The van der Waals surface area contributed by atoms with Gasteiger partial charge in [0.25, 0.3) is 0 Å². The summed E-state index contributed by atoms with van der Waals surface area (Å²) in [5.41, 5.74) is 1.34. The van der Waals surface area contributed by atoms with E-state index in [1.54, 1.807) is 19.6 Å². The van der Waals surface area contributed by atoms with E-state index in [1.807, 2.05) is 6.07 Å². The molecule has 6 atom stereocenters. The molecule has 2 fully saturated rings. The van der Waals surface area contributed by atoms with Crippen LogP contribution < -0.4 is 0 Å². The van der Waals surface area contributed by atoms with Crippen molar-refractivity contribution in [3.05, 3.63) is 48.1 Å². The first-order valence-corrected chi connectivity index (χ1v) is 10.1. The maximum Gasteiger partial charge on any atom is 0.334 e. The van der Waals surface area contributed by atoms with Crippen LogP contribution in [0.25, 0.3) is 0 Å². The van der Waals surface area contributed by atoms with Crippen molar-refractivity contribution in [1.82, 2.24) is 0 Å². The Labute approximate surface area is 166 Å². The second-order valence-corrected chi connectivity index (χ2v) is 8.87. The molecule has 2 aliphatic carbocycles. The molecule has 1 aromatic rings. The van der Waals surface area contributed by atoms with Crippen LogP contribution in [0.5, 0.6) is 0 Å². The number of carbonyl (C=O) groups is 1. The van der Waals surface area contributed by atoms with Gasteiger partial charge in [-0.05, 0) is 43.1 Å². The molecule has 0 spiro atoms. The Balaban J connectivity index is 1.78. The average molecular weight is 386 g/mol. The van der Waals surface area contributed by atoms with Crippen molar-refractivity contribution < 1.29 is 23.4 Å². The van der Waals surface area contributed by atoms with Crippen molar-refractivity contribution in [3.63, 3.8) is 0 Å². The summed E-state index contributed by atoms with van der Waals surface area (Å²) in [7, 11) is 3.19. The lowest BCUT2D eigenvalue weighted by molar-refractivity contribution is -0.180. The van der Waals surface area contributed by atoms with Crippen LogP contribution >= 0.6 is 0 Å². The molecule has 0 bridgehead atoms. The number of methoxy groups -OCH3 is 2. The second kappa shape index (κ2) is 6.80. The number of ether oxygens (including phenoxy) is 3. The van der Waals surface area contributed by atoms with Gasteiger partial charge in [-0.3, -0.25) is 0 Å². The molecule has 1 aromatic heterocycles. The number of esters is 1. The van der Waals surface area contributed by atoms with Crippen LogP contribution in [-0.4, -0.2) is 26.3 Å². The third-order valence-corrected chi connectivity index (χ3v) is 7.73. The van der Waals surface area contributed by atoms with Crippen molar-refractivity contribution in [1.29, 1.82) is 0 Å². The Kier molecular flexibility index (Phi) is 4.69. The Bertz CT molecular complexity index is 794. The van der Waals surface area contributed by atoms with Crippen LogP contribution in [0, 0.1) is 22.7 Å². The van der Waals surface area contributed by atoms with Gasteiger partial charge in [0.1, 0.15) is 6.10 Å². The molecule has 4 rings (SSSR count). The fourth-order valence-corrected chi connectivity index (χ4v) is 6.37. The summed E-state index contributed by atoms with van der Waals surface area (Å²) in [6.07, 6.45) is 8.84. The van der Waals surface area contributed by atoms with Crippen molar-refractivity contribution in [2.24, 2.45) is 22.7 Å². The van der Waals surface area contributed by atoms with Gasteiger partial charge in [0.15, 0.2) is 0 Å². The van der Waals surface area contributed by atoms with Crippen molar-refractivity contribution in [3.8, 4) is 0 Å². The van der Waals surface area contributed by atoms with Crippen LogP contribution in [0.2, 0.25) is 0 Å². The lowest BCUT2D eigenvalue weighted by Crippen LogP contribution is -2.60. The highest BCUT2D eigenvalue weighted by atomic mass is 16.5. The summed E-state index contributed by atoms with van der Waals surface area (Å²) in [5.74, 6) is 1.03. The molecule has 1 saturated carbocycles. The molecule has 5 heteroatoms. The predicted molar refractivity (Wildman–Crippen MR) is 104 cm³/mol. The Morgan fingerprint density at radius 3 is 2.75 bits per heavy atom. The number of carbonyl (C=O) groups excluding carboxylic acids is 1. The van der Waals surface area contributed by atoms with E-state index in [1.165, 1.54) is 7.11 Å². The van der Waals surface area contributed by atoms with E-state index in [-0.39, 0.29) is 35.4 Å². The molecule has 3 aliphatic rings. The van der Waals surface area contributed by atoms with E-state index in [2.05, 4.69) is 26.5 Å². The Hall–Kier alpha value is -2.01. The van der Waals surface area contributed by atoms with Gasteiger partial charge in [0.2, 0.25) is 0 Å². The molecular formula is C23H30O5. The molecule has 0 amide bonds. The normalized spacial score (nSPS) is 40.0. The van der Waals surface area contributed by atoms with Gasteiger partial charge in [-0.25, -0.2) is 4.79 Å². The van der Waals surface area contributed by atoms with E-state index in [0.717, 1.165) is 42.6 Å². The van der Waals surface area contributed by atoms with Gasteiger partial charge in [-0.2, -0.15) is 0 Å². The minimum absolute atomic E-state index is 0.0609. The zero-order valence-corrected chi connectivity index (χ0v) is 17.2. The van der Waals surface area contributed by atoms with Crippen molar-refractivity contribution >= 4 is 5.97 Å². The summed E-state index contributed by atoms with van der Waals surface area (Å²) in [6, 6.07) is 1.96. The SMILES string of the molecule is C=C1OC(c2ccoc2)C[C@]2(C)C1CC(OC)[C@@]1(C)C(C(=O)OC)=CCC[C@@H]21. The fraction of sp³-hybridized carbons (Fsp3) is 0.609. The standard InChI is InChI=1S/C23H30O5/c1-14-17-11-20(25-4)23(3)16(21(24)26-5)7-6-8-19(23)22(17,2)12-18(28-14)15-9-10-27-13-15/h7,9-10,13,17-20H,1,6,8,11-12H2,2-5H3/t17?,18?,19-,20?,22+,23-/m0/s1. The highest BCUT2D eigenvalue weighted by Crippen LogP contribution is 2.66. The highest BCUT2D eigenvalue weighted by Gasteiger charge is 2.63. The first-order chi connectivity index (χ1) is 13.4. The lowest BCUT2D eigenvalue weighted by Gasteiger charge is -2.62. The number of hydrogen-bond donors (Lipinski definition) is 0. The molecule has 28 heavy (non-hydrogen) atoms. The first kappa shape index (κ1) is 19.3. The molecular weight excluding hydrogens is 356 g/mol. The molecule has 2 heterocycles. The Morgan fingerprint density at radius 1 is 1.32 bits per heavy atom. The van der Waals surface area contributed by atoms with Gasteiger partial charge >= 0.3 is 5.97 Å². The van der Waals surface area contributed by atoms with Crippen LogP contribution in [0.1, 0.15) is 51.2 Å². The summed E-state index contributed by atoms with van der Waals surface area (Å²) >= 11 is 0. The maximum atomic E-state index is 12.7. The summed E-state index contributed by atoms with van der Waals surface area (Å²) in [6.45, 7) is 8.81. The molecule has 1 saturated heterocycles. The molecule has 5 nitrogen and oxygen atoms in total. The molecule has 152 valence electrons. The van der Waals surface area contributed by atoms with Crippen LogP contribution in [-0.2, 0) is 19.0 Å². The van der Waals surface area contributed by atoms with Gasteiger partial charge in [-0.15, -0.1) is 0 Å². The van der Waals surface area contributed by atoms with E-state index < -0.39 is 5.41 Å². The average Bonchev–Trinajstić information content (AvgIpc) is 3.21. The quantitative estimate of drug-likeness (QED) is 0.698. The van der Waals surface area contributed by atoms with E-state index in [9.17, 15) is 4.79 Å². The molecule has 0 aromatic carbocycles. The zero-order chi connectivity index (χ0) is 20.1. The van der Waals surface area contributed by atoms with Crippen LogP contribution in [0.4, 0.5) is 0 Å². The maximum absolute atomic E-state index is 12.7. The summed E-state index contributed by atoms with van der Waals surface area (Å²) in [5, 5.41) is 0. The summed E-state index contributed by atoms with van der Waals surface area (Å²) < 4.78 is 22.7. The first-order valence-electron chi connectivity index (χ1n) is 10.1. The van der Waals surface area contributed by atoms with Gasteiger partial charge in [0, 0.05) is 29.6 Å². The van der Waals surface area contributed by atoms with Crippen LogP contribution in [0.15, 0.2) is 47.0 Å². The van der Waals surface area contributed by atoms with Gasteiger partial charge < -0.3 is 18.6 Å². The third-order valence-electron chi connectivity index (χ3n) is 7.73. The van der Waals surface area contributed by atoms with Crippen molar-refractivity contribution in [2.45, 2.75) is 51.7 Å². The number of allylic oxidation sites excluding steroid dienone is 2. The zero-order valence-electron chi connectivity index (χ0n) is 17.2. The molecule has 3 unspecified atom stereocenters. The lowest BCUT2D eigenvalue weighted by atomic mass is 9.44. The third kappa shape index (κ3) is 2.59. The number of rotatable bonds is 3. The minimum Gasteiger partial charge on any atom is -0.490 e. The fourth-order valence-electron chi connectivity index (χ4n) is 6.37. The molecule has 1 aliphatic heterocycles. The second-order valence-electron chi connectivity index (χ2n) is 8.87. The largest absolute Gasteiger partial charge is 0.490 e. The van der Waals surface area contributed by atoms with Crippen molar-refractivity contribution in [2.75, 3.05) is 14.2 Å². The monoisotopic (exact) mass is 386 g/mol. The van der Waals surface area contributed by atoms with Crippen LogP contribution in [0.3, 0.4) is 0 Å². The smallest absolute Gasteiger partial charge is 0.334 e. The molecule has 0 radical (unpaired) electrons. The number of fused-ring (bicyclic) bond motifs is 3.